The van der Waals surface area contributed by atoms with Crippen LogP contribution in [-0.4, -0.2) is 29.0 Å². The van der Waals surface area contributed by atoms with Gasteiger partial charge < -0.3 is 10.2 Å². The molecule has 2 aromatic rings. The van der Waals surface area contributed by atoms with E-state index >= 15 is 0 Å². The van der Waals surface area contributed by atoms with Gasteiger partial charge in [-0.3, -0.25) is 4.90 Å². The number of nitrogens with zero attached hydrogens (tertiary/aromatic N) is 2. The zero-order valence-electron chi connectivity index (χ0n) is 12.5. The number of aromatic nitrogens is 1. The third kappa shape index (κ3) is 4.02. The van der Waals surface area contributed by atoms with E-state index in [0.29, 0.717) is 16.8 Å². The predicted molar refractivity (Wildman–Crippen MR) is 91.2 cm³/mol. The molecular weight excluding hydrogens is 321 g/mol. The third-order valence-electron chi connectivity index (χ3n) is 4.08. The lowest BCUT2D eigenvalue weighted by Gasteiger charge is -2.16. The Bertz CT molecular complexity index is 598. The molecule has 0 saturated carbocycles. The topological polar surface area (TPSA) is 55.3 Å². The Morgan fingerprint density at radius 2 is 2.14 bits per heavy atom. The van der Waals surface area contributed by atoms with Crippen molar-refractivity contribution in [3.63, 3.8) is 0 Å². The van der Waals surface area contributed by atoms with Crippen molar-refractivity contribution in [1.29, 1.82) is 0 Å². The highest BCUT2D eigenvalue weighted by molar-refractivity contribution is 6.30. The monoisotopic (exact) mass is 341 g/mol. The Balaban J connectivity index is 0.00000176. The minimum absolute atomic E-state index is 0. The van der Waals surface area contributed by atoms with Crippen LogP contribution in [0.2, 0.25) is 5.02 Å². The molecule has 22 heavy (non-hydrogen) atoms. The van der Waals surface area contributed by atoms with E-state index in [-0.39, 0.29) is 18.4 Å². The van der Waals surface area contributed by atoms with E-state index in [2.05, 4.69) is 16.8 Å². The van der Waals surface area contributed by atoms with Gasteiger partial charge in [0.05, 0.1) is 5.69 Å². The van der Waals surface area contributed by atoms with E-state index in [0.717, 1.165) is 30.9 Å². The molecule has 0 amide bonds. The molecule has 1 aliphatic heterocycles. The molecule has 1 fully saturated rings. The van der Waals surface area contributed by atoms with Crippen LogP contribution in [0.1, 0.15) is 19.0 Å². The lowest BCUT2D eigenvalue weighted by Crippen LogP contribution is -2.29. The summed E-state index contributed by atoms with van der Waals surface area (Å²) in [5, 5.41) is 0.713. The number of hydrogen-bond donors (Lipinski definition) is 1. The van der Waals surface area contributed by atoms with Crippen LogP contribution in [-0.2, 0) is 6.54 Å². The van der Waals surface area contributed by atoms with Crippen molar-refractivity contribution >= 4 is 24.0 Å². The summed E-state index contributed by atoms with van der Waals surface area (Å²) in [5.74, 6) is 1.23. The number of oxazole rings is 1. The Morgan fingerprint density at radius 3 is 2.77 bits per heavy atom. The first-order chi connectivity index (χ1) is 10.1. The van der Waals surface area contributed by atoms with Gasteiger partial charge in [-0.15, -0.1) is 12.4 Å². The van der Waals surface area contributed by atoms with Gasteiger partial charge >= 0.3 is 0 Å². The Labute approximate surface area is 142 Å². The highest BCUT2D eigenvalue weighted by Gasteiger charge is 2.25. The second-order valence-electron chi connectivity index (χ2n) is 5.79. The van der Waals surface area contributed by atoms with Gasteiger partial charge in [0, 0.05) is 29.7 Å². The number of rotatable bonds is 4. The van der Waals surface area contributed by atoms with Gasteiger partial charge in [-0.2, -0.15) is 0 Å². The van der Waals surface area contributed by atoms with Crippen molar-refractivity contribution in [1.82, 2.24) is 9.88 Å². The molecule has 0 radical (unpaired) electrons. The Kier molecular flexibility index (Phi) is 5.87. The van der Waals surface area contributed by atoms with E-state index in [9.17, 15) is 0 Å². The second kappa shape index (κ2) is 7.47. The van der Waals surface area contributed by atoms with Crippen LogP contribution in [0.25, 0.3) is 11.5 Å². The zero-order chi connectivity index (χ0) is 14.8. The number of nitrogens with two attached hydrogens (primary N) is 1. The molecule has 4 nitrogen and oxygen atoms in total. The molecule has 1 aromatic heterocycles. The fourth-order valence-corrected chi connectivity index (χ4v) is 2.90. The van der Waals surface area contributed by atoms with Crippen molar-refractivity contribution in [2.75, 3.05) is 13.1 Å². The van der Waals surface area contributed by atoms with Crippen LogP contribution in [0.5, 0.6) is 0 Å². The average molecular weight is 342 g/mol. The fourth-order valence-electron chi connectivity index (χ4n) is 2.77. The summed E-state index contributed by atoms with van der Waals surface area (Å²) in [7, 11) is 0. The second-order valence-corrected chi connectivity index (χ2v) is 6.23. The lowest BCUT2D eigenvalue weighted by molar-refractivity contribution is 0.305. The van der Waals surface area contributed by atoms with Crippen LogP contribution in [0.4, 0.5) is 0 Å². The number of benzene rings is 1. The largest absolute Gasteiger partial charge is 0.444 e. The summed E-state index contributed by atoms with van der Waals surface area (Å²) in [6.07, 6.45) is 2.91. The molecular formula is C16H21Cl2N3O. The first-order valence-electron chi connectivity index (χ1n) is 7.30. The van der Waals surface area contributed by atoms with Gasteiger partial charge in [0.25, 0.3) is 0 Å². The molecule has 2 N–H and O–H groups in total. The van der Waals surface area contributed by atoms with Gasteiger partial charge in [0.2, 0.25) is 5.89 Å². The SMILES string of the molecule is CC(N)C1CCN(Cc2coc(-c3ccc(Cl)cc3)n2)C1.Cl. The van der Waals surface area contributed by atoms with Gasteiger partial charge in [-0.25, -0.2) is 4.98 Å². The molecule has 3 rings (SSSR count). The Hall–Kier alpha value is -1.07. The van der Waals surface area contributed by atoms with Crippen molar-refractivity contribution in [2.24, 2.45) is 11.7 Å². The molecule has 120 valence electrons. The van der Waals surface area contributed by atoms with Gasteiger partial charge in [-0.1, -0.05) is 11.6 Å². The maximum absolute atomic E-state index is 5.97. The zero-order valence-corrected chi connectivity index (χ0v) is 14.1. The summed E-state index contributed by atoms with van der Waals surface area (Å²) in [4.78, 5) is 6.95. The fraction of sp³-hybridized carbons (Fsp3) is 0.438. The van der Waals surface area contributed by atoms with Crippen LogP contribution in [0.15, 0.2) is 34.9 Å². The molecule has 6 heteroatoms. The van der Waals surface area contributed by atoms with E-state index in [1.54, 1.807) is 6.26 Å². The van der Waals surface area contributed by atoms with E-state index in [1.165, 1.54) is 6.42 Å². The van der Waals surface area contributed by atoms with Crippen LogP contribution in [0, 0.1) is 5.92 Å². The smallest absolute Gasteiger partial charge is 0.226 e. The summed E-state index contributed by atoms with van der Waals surface area (Å²) < 4.78 is 5.57. The highest BCUT2D eigenvalue weighted by Crippen LogP contribution is 2.23. The lowest BCUT2D eigenvalue weighted by atomic mass is 10.0. The van der Waals surface area contributed by atoms with Crippen molar-refractivity contribution in [2.45, 2.75) is 25.9 Å². The molecule has 1 aliphatic rings. The van der Waals surface area contributed by atoms with Gasteiger partial charge in [0.15, 0.2) is 0 Å². The van der Waals surface area contributed by atoms with Gasteiger partial charge in [-0.05, 0) is 50.1 Å². The molecule has 1 saturated heterocycles. The summed E-state index contributed by atoms with van der Waals surface area (Å²) in [6.45, 7) is 5.03. The molecule has 0 aliphatic carbocycles. The van der Waals surface area contributed by atoms with Crippen molar-refractivity contribution < 1.29 is 4.42 Å². The minimum Gasteiger partial charge on any atom is -0.444 e. The molecule has 0 bridgehead atoms. The number of halogens is 2. The third-order valence-corrected chi connectivity index (χ3v) is 4.33. The molecule has 2 atom stereocenters. The first-order valence-corrected chi connectivity index (χ1v) is 7.68. The summed E-state index contributed by atoms with van der Waals surface area (Å²) in [6, 6.07) is 7.78. The van der Waals surface area contributed by atoms with E-state index in [4.69, 9.17) is 21.8 Å². The van der Waals surface area contributed by atoms with Crippen LogP contribution >= 0.6 is 24.0 Å². The normalized spacial score (nSPS) is 19.9. The highest BCUT2D eigenvalue weighted by atomic mass is 35.5. The number of likely N-dealkylation sites (tertiary alicyclic amines) is 1. The van der Waals surface area contributed by atoms with Crippen LogP contribution < -0.4 is 5.73 Å². The predicted octanol–water partition coefficient (Wildman–Crippen LogP) is 3.59. The molecule has 1 aromatic carbocycles. The van der Waals surface area contributed by atoms with Gasteiger partial charge in [0.1, 0.15) is 6.26 Å². The molecule has 2 heterocycles. The summed E-state index contributed by atoms with van der Waals surface area (Å²) >= 11 is 5.89. The maximum atomic E-state index is 5.97. The minimum atomic E-state index is 0. The average Bonchev–Trinajstić information content (AvgIpc) is 3.10. The maximum Gasteiger partial charge on any atom is 0.226 e. The van der Waals surface area contributed by atoms with Crippen LogP contribution in [0.3, 0.4) is 0 Å². The summed E-state index contributed by atoms with van der Waals surface area (Å²) in [5.41, 5.74) is 7.88. The first kappa shape index (κ1) is 17.3. The van der Waals surface area contributed by atoms with Crippen molar-refractivity contribution in [3.05, 3.63) is 41.2 Å². The van der Waals surface area contributed by atoms with E-state index < -0.39 is 0 Å². The quantitative estimate of drug-likeness (QED) is 0.923. The molecule has 2 unspecified atom stereocenters. The molecule has 0 spiro atoms. The Morgan fingerprint density at radius 1 is 1.41 bits per heavy atom. The standard InChI is InChI=1S/C16H20ClN3O.ClH/c1-11(18)13-6-7-20(8-13)9-15-10-21-16(19-15)12-2-4-14(17)5-3-12;/h2-5,10-11,13H,6-9,18H2,1H3;1H. The number of hydrogen-bond acceptors (Lipinski definition) is 4. The van der Waals surface area contributed by atoms with E-state index in [1.807, 2.05) is 24.3 Å². The van der Waals surface area contributed by atoms with Crippen molar-refractivity contribution in [3.8, 4) is 11.5 Å².